The third kappa shape index (κ3) is 2.92. The molecule has 0 spiro atoms. The Bertz CT molecular complexity index is 642. The third-order valence-corrected chi connectivity index (χ3v) is 2.62. The van der Waals surface area contributed by atoms with Gasteiger partial charge < -0.3 is 14.4 Å². The number of carbonyl (C=O) groups is 2. The Morgan fingerprint density at radius 1 is 1.30 bits per heavy atom. The minimum absolute atomic E-state index is 0.351. The van der Waals surface area contributed by atoms with Crippen LogP contribution in [0.4, 0.5) is 0 Å². The summed E-state index contributed by atoms with van der Waals surface area (Å²) in [6.45, 7) is 0. The van der Waals surface area contributed by atoms with Crippen molar-refractivity contribution in [3.05, 3.63) is 60.4 Å². The van der Waals surface area contributed by atoms with E-state index >= 15 is 0 Å². The number of imidazole rings is 1. The lowest BCUT2D eigenvalue weighted by molar-refractivity contribution is -0.139. The second-order valence-electron chi connectivity index (χ2n) is 3.90. The molecule has 0 amide bonds. The number of allylic oxidation sites excluding steroid dienone is 1. The smallest absolute Gasteiger partial charge is 0.373 e. The number of hydrogen-bond donors (Lipinski definition) is 1. The SMILES string of the molecule is COC(=O)/C(O)=C/C(=O)c1ccc(-n2ccnc2)cc1. The van der Waals surface area contributed by atoms with Crippen molar-refractivity contribution in [3.63, 3.8) is 0 Å². The topological polar surface area (TPSA) is 81.4 Å². The van der Waals surface area contributed by atoms with Crippen LogP contribution in [0.25, 0.3) is 5.69 Å². The number of aliphatic hydroxyl groups excluding tert-OH is 1. The average Bonchev–Trinajstić information content (AvgIpc) is 3.00. The Kier molecular flexibility index (Phi) is 3.95. The average molecular weight is 272 g/mol. The molecular formula is C14H12N2O4. The molecule has 0 unspecified atom stereocenters. The number of nitrogens with zero attached hydrogens (tertiary/aromatic N) is 2. The summed E-state index contributed by atoms with van der Waals surface area (Å²) in [4.78, 5) is 26.7. The van der Waals surface area contributed by atoms with Gasteiger partial charge in [-0.2, -0.15) is 0 Å². The van der Waals surface area contributed by atoms with Crippen LogP contribution in [0.3, 0.4) is 0 Å². The van der Waals surface area contributed by atoms with E-state index in [2.05, 4.69) is 9.72 Å². The van der Waals surface area contributed by atoms with E-state index in [1.807, 2.05) is 0 Å². The maximum atomic E-state index is 11.8. The number of hydrogen-bond acceptors (Lipinski definition) is 5. The number of ether oxygens (including phenoxy) is 1. The molecule has 1 heterocycles. The second kappa shape index (κ2) is 5.83. The van der Waals surface area contributed by atoms with Gasteiger partial charge in [0.05, 0.1) is 13.4 Å². The largest absolute Gasteiger partial charge is 0.502 e. The number of ketones is 1. The summed E-state index contributed by atoms with van der Waals surface area (Å²) in [5.41, 5.74) is 1.20. The van der Waals surface area contributed by atoms with Crippen LogP contribution < -0.4 is 0 Å². The molecule has 2 rings (SSSR count). The number of esters is 1. The van der Waals surface area contributed by atoms with Crippen molar-refractivity contribution in [2.75, 3.05) is 7.11 Å². The highest BCUT2D eigenvalue weighted by Gasteiger charge is 2.11. The summed E-state index contributed by atoms with van der Waals surface area (Å²) in [7, 11) is 1.12. The first-order chi connectivity index (χ1) is 9.61. The monoisotopic (exact) mass is 272 g/mol. The lowest BCUT2D eigenvalue weighted by atomic mass is 10.1. The van der Waals surface area contributed by atoms with E-state index < -0.39 is 17.5 Å². The molecule has 0 saturated carbocycles. The fourth-order valence-electron chi connectivity index (χ4n) is 1.58. The van der Waals surface area contributed by atoms with Gasteiger partial charge in [-0.25, -0.2) is 9.78 Å². The van der Waals surface area contributed by atoms with E-state index in [9.17, 15) is 14.7 Å². The molecule has 0 aliphatic rings. The molecule has 6 nitrogen and oxygen atoms in total. The molecule has 0 aliphatic heterocycles. The maximum Gasteiger partial charge on any atom is 0.373 e. The van der Waals surface area contributed by atoms with Crippen LogP contribution in [0.1, 0.15) is 10.4 Å². The van der Waals surface area contributed by atoms with Gasteiger partial charge in [-0.15, -0.1) is 0 Å². The van der Waals surface area contributed by atoms with Gasteiger partial charge in [-0.1, -0.05) is 0 Å². The zero-order valence-corrected chi connectivity index (χ0v) is 10.7. The van der Waals surface area contributed by atoms with Crippen LogP contribution in [0, 0.1) is 0 Å². The van der Waals surface area contributed by atoms with Crippen molar-refractivity contribution in [3.8, 4) is 5.69 Å². The van der Waals surface area contributed by atoms with Gasteiger partial charge in [-0.05, 0) is 24.3 Å². The maximum absolute atomic E-state index is 11.8. The Morgan fingerprint density at radius 3 is 2.55 bits per heavy atom. The van der Waals surface area contributed by atoms with Crippen LogP contribution in [0.5, 0.6) is 0 Å². The van der Waals surface area contributed by atoms with E-state index in [4.69, 9.17) is 0 Å². The first-order valence-corrected chi connectivity index (χ1v) is 5.73. The van der Waals surface area contributed by atoms with Crippen molar-refractivity contribution in [1.29, 1.82) is 0 Å². The number of rotatable bonds is 4. The first kappa shape index (κ1) is 13.5. The quantitative estimate of drug-likeness (QED) is 0.396. The van der Waals surface area contributed by atoms with E-state index in [1.54, 1.807) is 47.6 Å². The number of methoxy groups -OCH3 is 1. The van der Waals surface area contributed by atoms with E-state index in [1.165, 1.54) is 0 Å². The normalized spacial score (nSPS) is 11.2. The fraction of sp³-hybridized carbons (Fsp3) is 0.0714. The number of carbonyl (C=O) groups excluding carboxylic acids is 2. The molecule has 2 aromatic rings. The Morgan fingerprint density at radius 2 is 2.00 bits per heavy atom. The molecule has 1 N–H and O–H groups in total. The van der Waals surface area contributed by atoms with E-state index in [-0.39, 0.29) is 0 Å². The van der Waals surface area contributed by atoms with Gasteiger partial charge in [0, 0.05) is 29.7 Å². The lowest BCUT2D eigenvalue weighted by Crippen LogP contribution is -2.07. The van der Waals surface area contributed by atoms with Crippen molar-refractivity contribution in [2.24, 2.45) is 0 Å². The van der Waals surface area contributed by atoms with Crippen molar-refractivity contribution in [1.82, 2.24) is 9.55 Å². The van der Waals surface area contributed by atoms with Gasteiger partial charge in [0.15, 0.2) is 5.78 Å². The fourth-order valence-corrected chi connectivity index (χ4v) is 1.58. The second-order valence-corrected chi connectivity index (χ2v) is 3.90. The Balaban J connectivity index is 2.18. The molecule has 0 fully saturated rings. The molecule has 6 heteroatoms. The van der Waals surface area contributed by atoms with Gasteiger partial charge >= 0.3 is 5.97 Å². The third-order valence-electron chi connectivity index (χ3n) is 2.62. The molecule has 0 radical (unpaired) electrons. The standard InChI is InChI=1S/C14H12N2O4/c1-20-14(19)13(18)8-12(17)10-2-4-11(5-3-10)16-7-6-15-9-16/h2-9,18H,1H3/b13-8-. The van der Waals surface area contributed by atoms with E-state index in [0.29, 0.717) is 5.56 Å². The predicted molar refractivity (Wildman–Crippen MR) is 70.6 cm³/mol. The molecule has 0 bridgehead atoms. The first-order valence-electron chi connectivity index (χ1n) is 5.73. The van der Waals surface area contributed by atoms with Gasteiger partial charge in [-0.3, -0.25) is 4.79 Å². The van der Waals surface area contributed by atoms with Crippen LogP contribution in [-0.4, -0.2) is 33.5 Å². The summed E-state index contributed by atoms with van der Waals surface area (Å²) in [5, 5.41) is 9.31. The van der Waals surface area contributed by atoms with Crippen molar-refractivity contribution >= 4 is 11.8 Å². The van der Waals surface area contributed by atoms with Gasteiger partial charge in [0.2, 0.25) is 5.76 Å². The molecule has 102 valence electrons. The molecule has 1 aromatic carbocycles. The zero-order valence-electron chi connectivity index (χ0n) is 10.7. The molecule has 1 aromatic heterocycles. The highest BCUT2D eigenvalue weighted by Crippen LogP contribution is 2.10. The molecule has 0 atom stereocenters. The summed E-state index contributed by atoms with van der Waals surface area (Å²) in [6.07, 6.45) is 5.90. The summed E-state index contributed by atoms with van der Waals surface area (Å²) < 4.78 is 6.08. The van der Waals surface area contributed by atoms with Crippen LogP contribution >= 0.6 is 0 Å². The Hall–Kier alpha value is -2.89. The van der Waals surface area contributed by atoms with E-state index in [0.717, 1.165) is 18.9 Å². The van der Waals surface area contributed by atoms with Crippen LogP contribution in [-0.2, 0) is 9.53 Å². The summed E-state index contributed by atoms with van der Waals surface area (Å²) >= 11 is 0. The van der Waals surface area contributed by atoms with Crippen LogP contribution in [0.15, 0.2) is 54.8 Å². The van der Waals surface area contributed by atoms with Crippen LogP contribution in [0.2, 0.25) is 0 Å². The summed E-state index contributed by atoms with van der Waals surface area (Å²) in [5.74, 6) is -2.16. The Labute approximate surface area is 114 Å². The molecule has 0 aliphatic carbocycles. The number of aliphatic hydroxyl groups is 1. The lowest BCUT2D eigenvalue weighted by Gasteiger charge is -2.03. The van der Waals surface area contributed by atoms with Crippen molar-refractivity contribution in [2.45, 2.75) is 0 Å². The molecule has 20 heavy (non-hydrogen) atoms. The van der Waals surface area contributed by atoms with Gasteiger partial charge in [0.1, 0.15) is 0 Å². The minimum atomic E-state index is -0.951. The van der Waals surface area contributed by atoms with Gasteiger partial charge in [0.25, 0.3) is 0 Å². The number of benzene rings is 1. The highest BCUT2D eigenvalue weighted by atomic mass is 16.5. The highest BCUT2D eigenvalue weighted by molar-refractivity contribution is 6.08. The van der Waals surface area contributed by atoms with Crippen molar-refractivity contribution < 1.29 is 19.4 Å². The zero-order chi connectivity index (χ0) is 14.5. The number of aromatic nitrogens is 2. The minimum Gasteiger partial charge on any atom is -0.502 e. The molecule has 0 saturated heterocycles. The predicted octanol–water partition coefficient (Wildman–Crippen LogP) is 1.67. The molecular weight excluding hydrogens is 260 g/mol. The summed E-state index contributed by atoms with van der Waals surface area (Å²) in [6, 6.07) is 6.66.